The average molecular weight is 330 g/mol. The third kappa shape index (κ3) is 5.12. The van der Waals surface area contributed by atoms with Gasteiger partial charge in [0, 0.05) is 0 Å². The Bertz CT molecular complexity index is 629. The molecule has 8 nitrogen and oxygen atoms in total. The summed E-state index contributed by atoms with van der Waals surface area (Å²) in [4.78, 5) is 0. The summed E-state index contributed by atoms with van der Waals surface area (Å²) in [5.41, 5.74) is 9.32. The molecular formula is C8H14N2O6S3. The quantitative estimate of drug-likeness (QED) is 0.357. The second kappa shape index (κ2) is 4.75. The van der Waals surface area contributed by atoms with E-state index in [1.54, 1.807) is 13.0 Å². The van der Waals surface area contributed by atoms with Gasteiger partial charge >= 0.3 is 18.3 Å². The molecule has 0 radical (unpaired) electrons. The zero-order chi connectivity index (χ0) is 15.1. The van der Waals surface area contributed by atoms with Crippen LogP contribution in [-0.4, -0.2) is 32.5 Å². The van der Waals surface area contributed by atoms with Crippen molar-refractivity contribution in [1.29, 1.82) is 0 Å². The van der Waals surface area contributed by atoms with Crippen molar-refractivity contribution in [1.82, 2.24) is 0 Å². The molecule has 0 heterocycles. The van der Waals surface area contributed by atoms with Gasteiger partial charge < -0.3 is 15.7 Å². The van der Waals surface area contributed by atoms with E-state index in [9.17, 15) is 16.8 Å². The molecule has 11 heteroatoms. The lowest BCUT2D eigenvalue weighted by molar-refractivity contribution is 0.351. The molecule has 0 aromatic heterocycles. The van der Waals surface area contributed by atoms with Crippen LogP contribution in [0.5, 0.6) is 0 Å². The zero-order valence-corrected chi connectivity index (χ0v) is 12.5. The van der Waals surface area contributed by atoms with E-state index >= 15 is 0 Å². The second-order valence-electron chi connectivity index (χ2n) is 4.48. The Hall–Kier alpha value is -0.590. The molecule has 0 aliphatic heterocycles. The minimum Gasteiger partial charge on any atom is -0.376 e. The Balaban J connectivity index is 3.07. The Morgan fingerprint density at radius 1 is 1.21 bits per heavy atom. The molecule has 0 spiro atoms. The minimum absolute atomic E-state index is 0.226. The van der Waals surface area contributed by atoms with Crippen LogP contribution in [0, 0.1) is 0 Å². The van der Waals surface area contributed by atoms with Crippen LogP contribution in [0.1, 0.15) is 13.8 Å². The maximum Gasteiger partial charge on any atom is 0.383 e. The highest BCUT2D eigenvalue weighted by molar-refractivity contribution is 9.02. The van der Waals surface area contributed by atoms with E-state index in [1.807, 2.05) is 0 Å². The van der Waals surface area contributed by atoms with Crippen LogP contribution in [0.4, 0.5) is 0 Å². The monoisotopic (exact) mass is 330 g/mol. The lowest BCUT2D eigenvalue weighted by Gasteiger charge is -2.31. The average Bonchev–Trinajstić information content (AvgIpc) is 2.07. The van der Waals surface area contributed by atoms with Gasteiger partial charge in [-0.1, -0.05) is 12.2 Å². The van der Waals surface area contributed by atoms with Crippen molar-refractivity contribution in [2.75, 3.05) is 0 Å². The van der Waals surface area contributed by atoms with E-state index in [2.05, 4.69) is 4.18 Å². The van der Waals surface area contributed by atoms with Gasteiger partial charge in [0.25, 0.3) is 0 Å². The molecule has 1 aliphatic rings. The van der Waals surface area contributed by atoms with Crippen molar-refractivity contribution < 1.29 is 25.6 Å². The maximum absolute atomic E-state index is 11.5. The van der Waals surface area contributed by atoms with Gasteiger partial charge in [0.2, 0.25) is 0 Å². The minimum atomic E-state index is -4.81. The summed E-state index contributed by atoms with van der Waals surface area (Å²) in [6.07, 6.45) is 4.26. The highest BCUT2D eigenvalue weighted by Crippen LogP contribution is 2.31. The molecule has 5 N–H and O–H groups in total. The third-order valence-corrected chi connectivity index (χ3v) is 7.11. The molecule has 1 aliphatic carbocycles. The lowest BCUT2D eigenvalue weighted by Crippen LogP contribution is -2.45. The van der Waals surface area contributed by atoms with E-state index < -0.39 is 39.2 Å². The summed E-state index contributed by atoms with van der Waals surface area (Å²) in [5, 5.41) is 0. The largest absolute Gasteiger partial charge is 0.383 e. The molecule has 0 saturated heterocycles. The molecule has 110 valence electrons. The van der Waals surface area contributed by atoms with Crippen LogP contribution in [-0.2, 0) is 22.5 Å². The van der Waals surface area contributed by atoms with Gasteiger partial charge in [0.05, 0.1) is 11.1 Å². The van der Waals surface area contributed by atoms with Crippen LogP contribution < -0.4 is 11.5 Å². The summed E-state index contributed by atoms with van der Waals surface area (Å²) in [5.74, 6) is -0.226. The van der Waals surface area contributed by atoms with Gasteiger partial charge in [-0.3, -0.25) is 4.55 Å². The summed E-state index contributed by atoms with van der Waals surface area (Å²) in [7, 11) is -10.2. The lowest BCUT2D eigenvalue weighted by atomic mass is 9.87. The summed E-state index contributed by atoms with van der Waals surface area (Å²) < 4.78 is 57.1. The molecule has 1 rings (SSSR count). The Morgan fingerprint density at radius 2 is 1.74 bits per heavy atom. The van der Waals surface area contributed by atoms with Crippen molar-refractivity contribution in [3.63, 3.8) is 0 Å². The normalized spacial score (nSPS) is 31.9. The first-order chi connectivity index (χ1) is 8.23. The van der Waals surface area contributed by atoms with E-state index in [1.165, 1.54) is 19.1 Å². The van der Waals surface area contributed by atoms with Crippen molar-refractivity contribution in [2.24, 2.45) is 11.5 Å². The number of rotatable bonds is 4. The van der Waals surface area contributed by atoms with Crippen molar-refractivity contribution in [3.8, 4) is 0 Å². The second-order valence-corrected chi connectivity index (χ2v) is 10.6. The SMILES string of the molecule is CC1(N)C=CC(C)(N)C(OS(=O)(=O)SS(=O)(=O)O)=C1. The summed E-state index contributed by atoms with van der Waals surface area (Å²) >= 11 is 0. The van der Waals surface area contributed by atoms with E-state index in [0.717, 1.165) is 0 Å². The Labute approximate surface area is 114 Å². The fourth-order valence-corrected chi connectivity index (χ4v) is 5.03. The molecule has 0 saturated carbocycles. The number of hydrogen-bond donors (Lipinski definition) is 3. The van der Waals surface area contributed by atoms with Crippen LogP contribution in [0.15, 0.2) is 24.0 Å². The molecule has 2 unspecified atom stereocenters. The predicted molar refractivity (Wildman–Crippen MR) is 71.6 cm³/mol. The van der Waals surface area contributed by atoms with E-state index in [-0.39, 0.29) is 5.76 Å². The first-order valence-corrected chi connectivity index (χ1v) is 9.57. The Morgan fingerprint density at radius 3 is 2.21 bits per heavy atom. The van der Waals surface area contributed by atoms with Gasteiger partial charge in [-0.05, 0) is 19.9 Å². The Kier molecular flexibility index (Phi) is 4.12. The highest BCUT2D eigenvalue weighted by atomic mass is 33.5. The number of hydrogen-bond acceptors (Lipinski definition) is 8. The summed E-state index contributed by atoms with van der Waals surface area (Å²) in [6.45, 7) is 3.03. The molecule has 0 fully saturated rings. The van der Waals surface area contributed by atoms with Gasteiger partial charge in [0.15, 0.2) is 9.83 Å². The first-order valence-electron chi connectivity index (χ1n) is 4.87. The van der Waals surface area contributed by atoms with Gasteiger partial charge in [0.1, 0.15) is 5.76 Å². The standard InChI is InChI=1S/C8H14N2O6S3/c1-7(9)3-4-8(2,10)6(5-7)16-19(14,15)17-18(11,12)13/h3-5H,9-10H2,1-2H3,(H,11,12,13). The molecular weight excluding hydrogens is 316 g/mol. The van der Waals surface area contributed by atoms with Crippen LogP contribution >= 0.6 is 9.83 Å². The molecule has 0 aromatic carbocycles. The predicted octanol–water partition coefficient (Wildman–Crippen LogP) is -0.328. The van der Waals surface area contributed by atoms with Crippen molar-refractivity contribution >= 4 is 28.1 Å². The first kappa shape index (κ1) is 16.5. The summed E-state index contributed by atoms with van der Waals surface area (Å²) in [6, 6.07) is 0. The van der Waals surface area contributed by atoms with E-state index in [0.29, 0.717) is 0 Å². The third-order valence-electron chi connectivity index (χ3n) is 2.12. The van der Waals surface area contributed by atoms with Crippen molar-refractivity contribution in [3.05, 3.63) is 24.0 Å². The zero-order valence-electron chi connectivity index (χ0n) is 10.1. The highest BCUT2D eigenvalue weighted by Gasteiger charge is 2.35. The molecule has 0 bridgehead atoms. The number of nitrogens with two attached hydrogens (primary N) is 2. The molecule has 2 atom stereocenters. The van der Waals surface area contributed by atoms with Crippen LogP contribution in [0.2, 0.25) is 0 Å². The van der Waals surface area contributed by atoms with Gasteiger partial charge in [-0.2, -0.15) is 16.8 Å². The maximum atomic E-state index is 11.5. The molecule has 19 heavy (non-hydrogen) atoms. The van der Waals surface area contributed by atoms with Gasteiger partial charge in [-0.25, -0.2) is 0 Å². The molecule has 0 aromatic rings. The van der Waals surface area contributed by atoms with Gasteiger partial charge in [-0.15, -0.1) is 0 Å². The van der Waals surface area contributed by atoms with Crippen LogP contribution in [0.3, 0.4) is 0 Å². The van der Waals surface area contributed by atoms with Crippen molar-refractivity contribution in [2.45, 2.75) is 24.9 Å². The van der Waals surface area contributed by atoms with Crippen LogP contribution in [0.25, 0.3) is 0 Å². The topological polar surface area (TPSA) is 150 Å². The fraction of sp³-hybridized carbons (Fsp3) is 0.500. The smallest absolute Gasteiger partial charge is 0.376 e. The van der Waals surface area contributed by atoms with E-state index in [4.69, 9.17) is 16.0 Å². The molecule has 0 amide bonds. The fourth-order valence-electron chi connectivity index (χ4n) is 1.26.